The Labute approximate surface area is 164 Å². The van der Waals surface area contributed by atoms with Crippen molar-refractivity contribution in [3.63, 3.8) is 0 Å². The fourth-order valence-corrected chi connectivity index (χ4v) is 5.44. The number of carbonyl (C=O) groups is 1. The Morgan fingerprint density at radius 1 is 1.33 bits per heavy atom. The summed E-state index contributed by atoms with van der Waals surface area (Å²) < 4.78 is 42.0. The van der Waals surface area contributed by atoms with Crippen molar-refractivity contribution in [2.75, 3.05) is 6.26 Å². The van der Waals surface area contributed by atoms with Crippen molar-refractivity contribution in [1.82, 2.24) is 4.98 Å². The fraction of sp³-hybridized carbons (Fsp3) is 0.176. The number of thiophene rings is 1. The molecular weight excluding hydrogens is 419 g/mol. The van der Waals surface area contributed by atoms with Crippen LogP contribution in [0.5, 0.6) is 5.75 Å². The van der Waals surface area contributed by atoms with Crippen LogP contribution >= 0.6 is 34.4 Å². The quantitative estimate of drug-likeness (QED) is 0.490. The van der Waals surface area contributed by atoms with Gasteiger partial charge in [0.2, 0.25) is 0 Å². The van der Waals surface area contributed by atoms with Crippen LogP contribution < -0.4 is 4.74 Å². The van der Waals surface area contributed by atoms with Gasteiger partial charge in [0.1, 0.15) is 15.6 Å². The van der Waals surface area contributed by atoms with Gasteiger partial charge in [0.15, 0.2) is 0 Å². The van der Waals surface area contributed by atoms with Crippen molar-refractivity contribution in [1.29, 1.82) is 0 Å². The molecule has 10 heteroatoms. The van der Waals surface area contributed by atoms with Crippen LogP contribution in [0.15, 0.2) is 33.9 Å². The van der Waals surface area contributed by atoms with Gasteiger partial charge < -0.3 is 9.84 Å². The molecule has 0 radical (unpaired) electrons. The maximum absolute atomic E-state index is 12.4. The second-order valence-electron chi connectivity index (χ2n) is 5.34. The van der Waals surface area contributed by atoms with E-state index in [1.54, 1.807) is 18.4 Å². The number of rotatable bonds is 5. The Morgan fingerprint density at radius 3 is 2.70 bits per heavy atom. The van der Waals surface area contributed by atoms with E-state index in [-0.39, 0.29) is 10.6 Å². The highest BCUT2D eigenvalue weighted by molar-refractivity contribution is 8.00. The van der Waals surface area contributed by atoms with Gasteiger partial charge in [0.05, 0.1) is 9.90 Å². The smallest absolute Gasteiger partial charge is 0.477 e. The Kier molecular flexibility index (Phi) is 5.50. The van der Waals surface area contributed by atoms with Crippen molar-refractivity contribution in [3.8, 4) is 27.6 Å². The molecule has 0 saturated carbocycles. The maximum atomic E-state index is 12.4. The molecule has 0 unspecified atom stereocenters. The zero-order valence-corrected chi connectivity index (χ0v) is 16.4. The van der Waals surface area contributed by atoms with Crippen molar-refractivity contribution >= 4 is 40.4 Å². The summed E-state index contributed by atoms with van der Waals surface area (Å²) in [7, 11) is 0. The number of ether oxygens (including phenoxy) is 1. The first-order valence-electron chi connectivity index (χ1n) is 7.42. The van der Waals surface area contributed by atoms with Crippen LogP contribution in [-0.2, 0) is 0 Å². The standard InChI is InChI=1S/C17H12F3NO3S3/c1-8-12(16(25-2)27-13(8)15(22)23)14-21-11(7-26-14)9-4-3-5-10(6-9)24-17(18,19)20/h3-7H,1-2H3,(H,22,23). The number of nitrogens with zero attached hydrogens (tertiary/aromatic N) is 1. The number of aromatic carboxylic acids is 1. The van der Waals surface area contributed by atoms with E-state index in [0.29, 0.717) is 21.8 Å². The third-order valence-electron chi connectivity index (χ3n) is 3.58. The van der Waals surface area contributed by atoms with Gasteiger partial charge in [-0.25, -0.2) is 9.78 Å². The number of alkyl halides is 3. The largest absolute Gasteiger partial charge is 0.573 e. The monoisotopic (exact) mass is 431 g/mol. The number of carboxylic acid groups (broad SMARTS) is 1. The Hall–Kier alpha value is -2.04. The van der Waals surface area contributed by atoms with E-state index in [1.807, 2.05) is 6.26 Å². The summed E-state index contributed by atoms with van der Waals surface area (Å²) in [5.74, 6) is -1.31. The molecule has 1 N–H and O–H groups in total. The number of hydrogen-bond donors (Lipinski definition) is 1. The minimum atomic E-state index is -4.76. The number of aromatic nitrogens is 1. The molecule has 2 aromatic heterocycles. The van der Waals surface area contributed by atoms with Crippen molar-refractivity contribution in [2.45, 2.75) is 17.5 Å². The third kappa shape index (κ3) is 4.28. The van der Waals surface area contributed by atoms with Crippen molar-refractivity contribution in [3.05, 3.63) is 40.1 Å². The number of thioether (sulfide) groups is 1. The van der Waals surface area contributed by atoms with Gasteiger partial charge in [-0.1, -0.05) is 12.1 Å². The molecule has 4 nitrogen and oxygen atoms in total. The number of carboxylic acids is 1. The molecule has 2 heterocycles. The van der Waals surface area contributed by atoms with Crippen molar-refractivity contribution in [2.24, 2.45) is 0 Å². The molecule has 27 heavy (non-hydrogen) atoms. The SMILES string of the molecule is CSc1sc(C(=O)O)c(C)c1-c1nc(-c2cccc(OC(F)(F)F)c2)cs1. The molecule has 142 valence electrons. The van der Waals surface area contributed by atoms with Crippen LogP contribution in [-0.4, -0.2) is 28.7 Å². The van der Waals surface area contributed by atoms with Crippen LogP contribution in [0.3, 0.4) is 0 Å². The summed E-state index contributed by atoms with van der Waals surface area (Å²) in [5.41, 5.74) is 2.36. The molecule has 3 rings (SSSR count). The van der Waals surface area contributed by atoms with Crippen LogP contribution in [0, 0.1) is 6.92 Å². The average Bonchev–Trinajstić information content (AvgIpc) is 3.17. The van der Waals surface area contributed by atoms with Crippen LogP contribution in [0.4, 0.5) is 13.2 Å². The van der Waals surface area contributed by atoms with E-state index < -0.39 is 12.3 Å². The molecule has 0 spiro atoms. The summed E-state index contributed by atoms with van der Waals surface area (Å²) in [6.45, 7) is 1.73. The highest BCUT2D eigenvalue weighted by Crippen LogP contribution is 2.43. The normalized spacial score (nSPS) is 11.6. The number of hydrogen-bond acceptors (Lipinski definition) is 6. The Bertz CT molecular complexity index is 995. The number of thiazole rings is 1. The molecule has 0 aliphatic rings. The molecule has 0 fully saturated rings. The lowest BCUT2D eigenvalue weighted by Crippen LogP contribution is -2.17. The maximum Gasteiger partial charge on any atom is 0.573 e. The van der Waals surface area contributed by atoms with Gasteiger partial charge in [-0.2, -0.15) is 0 Å². The molecule has 0 amide bonds. The minimum absolute atomic E-state index is 0.256. The van der Waals surface area contributed by atoms with E-state index >= 15 is 0 Å². The number of halogens is 3. The first kappa shape index (κ1) is 19.7. The topological polar surface area (TPSA) is 59.4 Å². The molecule has 0 saturated heterocycles. The van der Waals surface area contributed by atoms with Gasteiger partial charge in [0, 0.05) is 16.5 Å². The Balaban J connectivity index is 1.99. The first-order chi connectivity index (χ1) is 12.7. The lowest BCUT2D eigenvalue weighted by atomic mass is 10.1. The van der Waals surface area contributed by atoms with E-state index in [9.17, 15) is 23.1 Å². The van der Waals surface area contributed by atoms with Crippen molar-refractivity contribution < 1.29 is 27.8 Å². The van der Waals surface area contributed by atoms with Crippen LogP contribution in [0.25, 0.3) is 21.8 Å². The second-order valence-corrected chi connectivity index (χ2v) is 8.30. The van der Waals surface area contributed by atoms with Gasteiger partial charge in [-0.05, 0) is 30.9 Å². The van der Waals surface area contributed by atoms with Crippen LogP contribution in [0.2, 0.25) is 0 Å². The lowest BCUT2D eigenvalue weighted by Gasteiger charge is -2.09. The predicted octanol–water partition coefficient (Wildman–Crippen LogP) is 6.17. The summed E-state index contributed by atoms with van der Waals surface area (Å²) in [5, 5.41) is 11.7. The summed E-state index contributed by atoms with van der Waals surface area (Å²) in [6.07, 6.45) is -2.91. The van der Waals surface area contributed by atoms with E-state index in [2.05, 4.69) is 9.72 Å². The zero-order valence-electron chi connectivity index (χ0n) is 14.0. The summed E-state index contributed by atoms with van der Waals surface area (Å²) in [6, 6.07) is 5.59. The molecule has 0 aliphatic carbocycles. The predicted molar refractivity (Wildman–Crippen MR) is 101 cm³/mol. The lowest BCUT2D eigenvalue weighted by molar-refractivity contribution is -0.274. The first-order valence-corrected chi connectivity index (χ1v) is 10.3. The Morgan fingerprint density at radius 2 is 2.07 bits per heavy atom. The van der Waals surface area contributed by atoms with Gasteiger partial charge in [-0.15, -0.1) is 47.6 Å². The van der Waals surface area contributed by atoms with Gasteiger partial charge in [0.25, 0.3) is 0 Å². The fourth-order valence-electron chi connectivity index (χ4n) is 2.46. The van der Waals surface area contributed by atoms with Gasteiger partial charge >= 0.3 is 12.3 Å². The van der Waals surface area contributed by atoms with E-state index in [1.165, 1.54) is 52.6 Å². The zero-order chi connectivity index (χ0) is 19.8. The molecule has 0 bridgehead atoms. The summed E-state index contributed by atoms with van der Waals surface area (Å²) >= 11 is 3.93. The van der Waals surface area contributed by atoms with Crippen LogP contribution in [0.1, 0.15) is 15.2 Å². The van der Waals surface area contributed by atoms with E-state index in [4.69, 9.17) is 0 Å². The molecule has 1 aromatic carbocycles. The van der Waals surface area contributed by atoms with Gasteiger partial charge in [-0.3, -0.25) is 0 Å². The highest BCUT2D eigenvalue weighted by atomic mass is 32.2. The van der Waals surface area contributed by atoms with E-state index in [0.717, 1.165) is 9.77 Å². The number of benzene rings is 1. The summed E-state index contributed by atoms with van der Waals surface area (Å²) in [4.78, 5) is 16.2. The highest BCUT2D eigenvalue weighted by Gasteiger charge is 2.31. The second kappa shape index (κ2) is 7.53. The molecular formula is C17H12F3NO3S3. The molecule has 3 aromatic rings. The minimum Gasteiger partial charge on any atom is -0.477 e. The third-order valence-corrected chi connectivity index (χ3v) is 6.83. The average molecular weight is 431 g/mol. The molecule has 0 aliphatic heterocycles. The molecule has 0 atom stereocenters.